The molecule has 2 aromatic carbocycles. The molecule has 0 aliphatic rings. The van der Waals surface area contributed by atoms with Gasteiger partial charge in [0.2, 0.25) is 0 Å². The van der Waals surface area contributed by atoms with Gasteiger partial charge in [-0.05, 0) is 24.3 Å². The highest BCUT2D eigenvalue weighted by Crippen LogP contribution is 2.07. The number of imidazole rings is 1. The molecule has 20 heavy (non-hydrogen) atoms. The van der Waals surface area contributed by atoms with Crippen molar-refractivity contribution in [2.24, 2.45) is 4.99 Å². The van der Waals surface area contributed by atoms with Crippen LogP contribution in [-0.2, 0) is 0 Å². The lowest BCUT2D eigenvalue weighted by Gasteiger charge is -1.92. The van der Waals surface area contributed by atoms with E-state index in [2.05, 4.69) is 15.0 Å². The van der Waals surface area contributed by atoms with Crippen molar-refractivity contribution in [3.8, 4) is 0 Å². The molecule has 0 bridgehead atoms. The molecule has 1 amide bonds. The highest BCUT2D eigenvalue weighted by molar-refractivity contribution is 5.95. The number of hydrogen-bond donors (Lipinski definition) is 2. The van der Waals surface area contributed by atoms with Gasteiger partial charge in [0, 0.05) is 5.56 Å². The fraction of sp³-hybridized carbons (Fsp3) is 0. The third-order valence-electron chi connectivity index (χ3n) is 2.86. The van der Waals surface area contributed by atoms with Gasteiger partial charge in [0.05, 0.1) is 10.9 Å². The molecule has 0 aliphatic heterocycles. The molecule has 3 aromatic rings. The third kappa shape index (κ3) is 2.29. The van der Waals surface area contributed by atoms with Crippen LogP contribution in [-0.4, -0.2) is 15.9 Å². The fourth-order valence-corrected chi connectivity index (χ4v) is 1.94. The van der Waals surface area contributed by atoms with E-state index < -0.39 is 0 Å². The number of fused-ring (bicyclic) bond motifs is 1. The molecule has 0 spiro atoms. The minimum absolute atomic E-state index is 0.301. The van der Waals surface area contributed by atoms with Crippen molar-refractivity contribution in [1.82, 2.24) is 9.97 Å². The number of aromatic amines is 1. The number of nitrogens with one attached hydrogen (secondary N) is 1. The van der Waals surface area contributed by atoms with Crippen LogP contribution in [0, 0.1) is 0 Å². The topological polar surface area (TPSA) is 84.1 Å². The van der Waals surface area contributed by atoms with E-state index in [4.69, 9.17) is 5.73 Å². The summed E-state index contributed by atoms with van der Waals surface area (Å²) in [5, 5.41) is 0.492. The Morgan fingerprint density at radius 2 is 1.75 bits per heavy atom. The maximum atomic E-state index is 12.1. The fourth-order valence-electron chi connectivity index (χ4n) is 1.94. The van der Waals surface area contributed by atoms with Crippen molar-refractivity contribution in [3.63, 3.8) is 0 Å². The molecule has 3 rings (SSSR count). The zero-order valence-electron chi connectivity index (χ0n) is 10.6. The molecule has 1 heterocycles. The molecule has 0 radical (unpaired) electrons. The number of nitrogen functional groups attached to an aromatic ring is 1. The quantitative estimate of drug-likeness (QED) is 0.704. The minimum Gasteiger partial charge on any atom is -0.369 e. The molecule has 0 aliphatic carbocycles. The lowest BCUT2D eigenvalue weighted by molar-refractivity contribution is 0.0998. The number of rotatable bonds is 1. The van der Waals surface area contributed by atoms with Crippen LogP contribution in [0.2, 0.25) is 0 Å². The number of nitrogens with two attached hydrogens (primary N) is 1. The Hall–Kier alpha value is -2.95. The predicted octanol–water partition coefficient (Wildman–Crippen LogP) is 1.89. The largest absolute Gasteiger partial charge is 0.369 e. The number of amides is 1. The van der Waals surface area contributed by atoms with E-state index in [9.17, 15) is 4.79 Å². The van der Waals surface area contributed by atoms with Gasteiger partial charge in [-0.2, -0.15) is 0 Å². The zero-order valence-corrected chi connectivity index (χ0v) is 10.6. The first-order valence-corrected chi connectivity index (χ1v) is 6.13. The number of nitrogens with zero attached hydrogens (tertiary/aromatic N) is 2. The molecule has 3 N–H and O–H groups in total. The first-order valence-electron chi connectivity index (χ1n) is 6.13. The molecule has 0 saturated carbocycles. The second-order valence-electron chi connectivity index (χ2n) is 4.27. The number of carbonyl (C=O) groups is 1. The van der Waals surface area contributed by atoms with Crippen molar-refractivity contribution in [3.05, 3.63) is 65.5 Å². The van der Waals surface area contributed by atoms with Gasteiger partial charge in [0.15, 0.2) is 5.95 Å². The molecule has 0 saturated heterocycles. The first kappa shape index (κ1) is 12.1. The van der Waals surface area contributed by atoms with Crippen molar-refractivity contribution in [2.45, 2.75) is 0 Å². The van der Waals surface area contributed by atoms with Gasteiger partial charge in [0.1, 0.15) is 5.52 Å². The van der Waals surface area contributed by atoms with Crippen molar-refractivity contribution in [2.75, 3.05) is 5.73 Å². The number of anilines is 1. The second-order valence-corrected chi connectivity index (χ2v) is 4.27. The standard InChI is InChI=1S/C15H12N4O/c16-15-18-12-9-5-4-8-11(13(12)19-15)17-14(20)10-6-2-1-3-7-10/h1-9H,(H3,16,18,19). The predicted molar refractivity (Wildman–Crippen MR) is 76.8 cm³/mol. The Labute approximate surface area is 114 Å². The molecule has 5 heteroatoms. The van der Waals surface area contributed by atoms with Gasteiger partial charge < -0.3 is 10.7 Å². The number of benzene rings is 1. The maximum Gasteiger partial charge on any atom is 0.277 e. The van der Waals surface area contributed by atoms with Crippen LogP contribution in [0.25, 0.3) is 11.0 Å². The van der Waals surface area contributed by atoms with Gasteiger partial charge in [-0.3, -0.25) is 4.79 Å². The van der Waals surface area contributed by atoms with Crippen molar-refractivity contribution >= 4 is 22.9 Å². The van der Waals surface area contributed by atoms with E-state index in [1.165, 1.54) is 0 Å². The second kappa shape index (κ2) is 4.97. The van der Waals surface area contributed by atoms with E-state index >= 15 is 0 Å². The average Bonchev–Trinajstić information content (AvgIpc) is 2.74. The highest BCUT2D eigenvalue weighted by atomic mass is 16.1. The van der Waals surface area contributed by atoms with Crippen LogP contribution in [0.5, 0.6) is 0 Å². The van der Waals surface area contributed by atoms with Gasteiger partial charge in [0.25, 0.3) is 5.91 Å². The molecule has 0 atom stereocenters. The lowest BCUT2D eigenvalue weighted by atomic mass is 10.2. The van der Waals surface area contributed by atoms with Crippen LogP contribution in [0.15, 0.2) is 59.6 Å². The Kier molecular flexibility index (Phi) is 3.01. The van der Waals surface area contributed by atoms with E-state index in [1.807, 2.05) is 24.3 Å². The van der Waals surface area contributed by atoms with Crippen LogP contribution in [0.3, 0.4) is 0 Å². The summed E-state index contributed by atoms with van der Waals surface area (Å²) in [7, 11) is 0. The normalized spacial score (nSPS) is 11.7. The smallest absolute Gasteiger partial charge is 0.277 e. The van der Waals surface area contributed by atoms with Crippen molar-refractivity contribution < 1.29 is 4.79 Å². The summed E-state index contributed by atoms with van der Waals surface area (Å²) in [6, 6.07) is 16.1. The SMILES string of the molecule is Nc1nc2c(=NC(=O)c3ccccc3)ccccc2[nH]1. The summed E-state index contributed by atoms with van der Waals surface area (Å²) in [4.78, 5) is 23.4. The van der Waals surface area contributed by atoms with E-state index in [0.29, 0.717) is 22.4 Å². The van der Waals surface area contributed by atoms with Gasteiger partial charge >= 0.3 is 0 Å². The molecular formula is C15H12N4O. The Morgan fingerprint density at radius 1 is 1.05 bits per heavy atom. The average molecular weight is 264 g/mol. The van der Waals surface area contributed by atoms with E-state index in [0.717, 1.165) is 5.52 Å². The third-order valence-corrected chi connectivity index (χ3v) is 2.86. The van der Waals surface area contributed by atoms with Crippen LogP contribution < -0.4 is 11.1 Å². The Bertz CT molecular complexity index is 837. The van der Waals surface area contributed by atoms with Gasteiger partial charge in [-0.15, -0.1) is 0 Å². The summed E-state index contributed by atoms with van der Waals surface area (Å²) in [5.41, 5.74) is 7.51. The summed E-state index contributed by atoms with van der Waals surface area (Å²) in [6.07, 6.45) is 0. The summed E-state index contributed by atoms with van der Waals surface area (Å²) in [5.74, 6) is -0.00511. The first-order chi connectivity index (χ1) is 9.74. The summed E-state index contributed by atoms with van der Waals surface area (Å²) >= 11 is 0. The number of H-pyrrole nitrogens is 1. The van der Waals surface area contributed by atoms with Gasteiger partial charge in [-0.1, -0.05) is 30.3 Å². The lowest BCUT2D eigenvalue weighted by Crippen LogP contribution is -2.06. The Balaban J connectivity index is 2.19. The maximum absolute atomic E-state index is 12.1. The van der Waals surface area contributed by atoms with E-state index in [-0.39, 0.29) is 5.91 Å². The van der Waals surface area contributed by atoms with Crippen LogP contribution >= 0.6 is 0 Å². The minimum atomic E-state index is -0.306. The van der Waals surface area contributed by atoms with Gasteiger partial charge in [-0.25, -0.2) is 9.98 Å². The van der Waals surface area contributed by atoms with Crippen LogP contribution in [0.4, 0.5) is 5.95 Å². The monoisotopic (exact) mass is 264 g/mol. The van der Waals surface area contributed by atoms with E-state index in [1.54, 1.807) is 30.3 Å². The number of aromatic nitrogens is 2. The Morgan fingerprint density at radius 3 is 2.55 bits per heavy atom. The van der Waals surface area contributed by atoms with Crippen molar-refractivity contribution in [1.29, 1.82) is 0 Å². The molecule has 0 unspecified atom stereocenters. The summed E-state index contributed by atoms with van der Waals surface area (Å²) in [6.45, 7) is 0. The molecule has 98 valence electrons. The molecule has 1 aromatic heterocycles. The number of hydrogen-bond acceptors (Lipinski definition) is 3. The molecular weight excluding hydrogens is 252 g/mol. The molecule has 0 fully saturated rings. The molecule has 5 nitrogen and oxygen atoms in total. The number of carbonyl (C=O) groups excluding carboxylic acids is 1. The summed E-state index contributed by atoms with van der Waals surface area (Å²) < 4.78 is 0. The highest BCUT2D eigenvalue weighted by Gasteiger charge is 2.04. The zero-order chi connectivity index (χ0) is 13.9. The van der Waals surface area contributed by atoms with Crippen LogP contribution in [0.1, 0.15) is 10.4 Å².